The molecule has 3 N–H and O–H groups in total. The SMILES string of the molecule is NC(=O)C1(C(=O)Nc2ccc3oc(C(F)(F)F)cc(=O)c3c2)CC1. The second-order valence-electron chi connectivity index (χ2n) is 5.58. The lowest BCUT2D eigenvalue weighted by atomic mass is 10.1. The molecule has 0 aliphatic heterocycles. The van der Waals surface area contributed by atoms with E-state index in [1.54, 1.807) is 0 Å². The van der Waals surface area contributed by atoms with Crippen molar-refractivity contribution in [3.05, 3.63) is 40.2 Å². The number of nitrogens with two attached hydrogens (primary N) is 1. The molecule has 1 heterocycles. The van der Waals surface area contributed by atoms with Crippen molar-refractivity contribution in [3.63, 3.8) is 0 Å². The third-order valence-electron chi connectivity index (χ3n) is 3.92. The molecule has 0 spiro atoms. The molecule has 1 aromatic carbocycles. The standard InChI is InChI=1S/C15H11F3N2O4/c16-15(17,18)11-6-9(21)8-5-7(1-2-10(8)24-11)20-13(23)14(3-4-14)12(19)22/h1-2,5-6H,3-4H2,(H2,19,22)(H,20,23). The van der Waals surface area contributed by atoms with Crippen molar-refractivity contribution in [2.24, 2.45) is 11.1 Å². The van der Waals surface area contributed by atoms with Crippen LogP contribution in [0, 0.1) is 5.41 Å². The first-order valence-electron chi connectivity index (χ1n) is 6.90. The molecule has 1 fully saturated rings. The zero-order chi connectivity index (χ0) is 17.7. The maximum atomic E-state index is 12.6. The Morgan fingerprint density at radius 1 is 1.21 bits per heavy atom. The van der Waals surface area contributed by atoms with Crippen LogP contribution < -0.4 is 16.5 Å². The second-order valence-corrected chi connectivity index (χ2v) is 5.58. The first-order valence-corrected chi connectivity index (χ1v) is 6.90. The van der Waals surface area contributed by atoms with Crippen molar-refractivity contribution in [2.45, 2.75) is 19.0 Å². The summed E-state index contributed by atoms with van der Waals surface area (Å²) in [7, 11) is 0. The van der Waals surface area contributed by atoms with E-state index in [1.807, 2.05) is 0 Å². The Morgan fingerprint density at radius 2 is 1.88 bits per heavy atom. The lowest BCUT2D eigenvalue weighted by Crippen LogP contribution is -2.36. The number of rotatable bonds is 3. The van der Waals surface area contributed by atoms with Crippen molar-refractivity contribution in [3.8, 4) is 0 Å². The van der Waals surface area contributed by atoms with Crippen LogP contribution in [0.3, 0.4) is 0 Å². The molecule has 3 rings (SSSR count). The zero-order valence-corrected chi connectivity index (χ0v) is 12.1. The number of carbonyl (C=O) groups excluding carboxylic acids is 2. The Hall–Kier alpha value is -2.84. The minimum atomic E-state index is -4.78. The average Bonchev–Trinajstić information content (AvgIpc) is 3.28. The summed E-state index contributed by atoms with van der Waals surface area (Å²) in [5.41, 5.74) is 2.94. The summed E-state index contributed by atoms with van der Waals surface area (Å²) >= 11 is 0. The van der Waals surface area contributed by atoms with Gasteiger partial charge in [-0.25, -0.2) is 0 Å². The molecule has 0 saturated heterocycles. The number of hydrogen-bond donors (Lipinski definition) is 2. The van der Waals surface area contributed by atoms with Crippen LogP contribution in [0.1, 0.15) is 18.6 Å². The van der Waals surface area contributed by atoms with Gasteiger partial charge in [-0.2, -0.15) is 13.2 Å². The summed E-state index contributed by atoms with van der Waals surface area (Å²) in [5, 5.41) is 2.33. The van der Waals surface area contributed by atoms with E-state index in [4.69, 9.17) is 5.73 Å². The van der Waals surface area contributed by atoms with Crippen LogP contribution in [0.5, 0.6) is 0 Å². The maximum Gasteiger partial charge on any atom is 0.449 e. The highest BCUT2D eigenvalue weighted by atomic mass is 19.4. The fourth-order valence-electron chi connectivity index (χ4n) is 2.33. The van der Waals surface area contributed by atoms with E-state index in [9.17, 15) is 27.6 Å². The summed E-state index contributed by atoms with van der Waals surface area (Å²) in [5.74, 6) is -2.75. The van der Waals surface area contributed by atoms with E-state index in [0.29, 0.717) is 18.9 Å². The van der Waals surface area contributed by atoms with Crippen molar-refractivity contribution in [1.82, 2.24) is 0 Å². The average molecular weight is 340 g/mol. The van der Waals surface area contributed by atoms with Crippen LogP contribution in [0.25, 0.3) is 11.0 Å². The summed E-state index contributed by atoms with van der Waals surface area (Å²) in [6, 6.07) is 3.96. The molecule has 24 heavy (non-hydrogen) atoms. The van der Waals surface area contributed by atoms with E-state index < -0.39 is 34.6 Å². The quantitative estimate of drug-likeness (QED) is 0.834. The van der Waals surface area contributed by atoms with Gasteiger partial charge in [0.05, 0.1) is 5.39 Å². The van der Waals surface area contributed by atoms with Crippen LogP contribution in [0.15, 0.2) is 33.5 Å². The first kappa shape index (κ1) is 16.0. The lowest BCUT2D eigenvalue weighted by Gasteiger charge is -2.12. The number of nitrogens with one attached hydrogen (secondary N) is 1. The Morgan fingerprint density at radius 3 is 2.42 bits per heavy atom. The number of halogens is 3. The van der Waals surface area contributed by atoms with Gasteiger partial charge in [0, 0.05) is 11.8 Å². The van der Waals surface area contributed by atoms with Crippen molar-refractivity contribution >= 4 is 28.5 Å². The monoisotopic (exact) mass is 340 g/mol. The second kappa shape index (κ2) is 5.08. The molecule has 0 unspecified atom stereocenters. The molecule has 126 valence electrons. The Bertz CT molecular complexity index is 913. The van der Waals surface area contributed by atoms with Gasteiger partial charge in [0.2, 0.25) is 17.6 Å². The van der Waals surface area contributed by atoms with Crippen LogP contribution in [0.2, 0.25) is 0 Å². The van der Waals surface area contributed by atoms with Crippen molar-refractivity contribution in [1.29, 1.82) is 0 Å². The number of amides is 2. The number of anilines is 1. The number of benzene rings is 1. The van der Waals surface area contributed by atoms with Gasteiger partial charge in [-0.3, -0.25) is 14.4 Å². The van der Waals surface area contributed by atoms with Gasteiger partial charge in [-0.05, 0) is 31.0 Å². The predicted molar refractivity (Wildman–Crippen MR) is 77.0 cm³/mol. The van der Waals surface area contributed by atoms with Gasteiger partial charge in [0.15, 0.2) is 5.43 Å². The molecule has 2 aromatic rings. The summed E-state index contributed by atoms with van der Waals surface area (Å²) in [6.07, 6.45) is -4.11. The van der Waals surface area contributed by atoms with Gasteiger partial charge in [-0.1, -0.05) is 0 Å². The third kappa shape index (κ3) is 2.61. The molecule has 2 amide bonds. The van der Waals surface area contributed by atoms with Crippen LogP contribution in [-0.2, 0) is 15.8 Å². The van der Waals surface area contributed by atoms with Crippen LogP contribution in [0.4, 0.5) is 18.9 Å². The Labute approximate surface area is 132 Å². The van der Waals surface area contributed by atoms with E-state index in [1.165, 1.54) is 12.1 Å². The Kier molecular flexibility index (Phi) is 3.40. The minimum absolute atomic E-state index is 0.121. The summed E-state index contributed by atoms with van der Waals surface area (Å²) in [6.45, 7) is 0. The van der Waals surface area contributed by atoms with Gasteiger partial charge >= 0.3 is 6.18 Å². The van der Waals surface area contributed by atoms with E-state index in [-0.39, 0.29) is 16.7 Å². The highest BCUT2D eigenvalue weighted by Gasteiger charge is 2.55. The van der Waals surface area contributed by atoms with E-state index in [2.05, 4.69) is 9.73 Å². The molecular weight excluding hydrogens is 329 g/mol. The number of fused-ring (bicyclic) bond motifs is 1. The molecule has 6 nitrogen and oxygen atoms in total. The molecule has 0 radical (unpaired) electrons. The molecule has 9 heteroatoms. The first-order chi connectivity index (χ1) is 11.1. The predicted octanol–water partition coefficient (Wildman–Crippen LogP) is 2.02. The van der Waals surface area contributed by atoms with Gasteiger partial charge in [-0.15, -0.1) is 0 Å². The number of carbonyl (C=O) groups is 2. The maximum absolute atomic E-state index is 12.6. The molecule has 1 aliphatic rings. The lowest BCUT2D eigenvalue weighted by molar-refractivity contribution is -0.153. The smallest absolute Gasteiger partial charge is 0.449 e. The topological polar surface area (TPSA) is 102 Å². The normalized spacial score (nSPS) is 16.0. The highest BCUT2D eigenvalue weighted by Crippen LogP contribution is 2.46. The van der Waals surface area contributed by atoms with Crippen LogP contribution >= 0.6 is 0 Å². The highest BCUT2D eigenvalue weighted by molar-refractivity contribution is 6.12. The third-order valence-corrected chi connectivity index (χ3v) is 3.92. The van der Waals surface area contributed by atoms with E-state index in [0.717, 1.165) is 6.07 Å². The molecule has 0 bridgehead atoms. The molecule has 1 saturated carbocycles. The number of alkyl halides is 3. The fourth-order valence-corrected chi connectivity index (χ4v) is 2.33. The summed E-state index contributed by atoms with van der Waals surface area (Å²) in [4.78, 5) is 35.2. The van der Waals surface area contributed by atoms with Crippen molar-refractivity contribution < 1.29 is 27.2 Å². The van der Waals surface area contributed by atoms with Gasteiger partial charge < -0.3 is 15.5 Å². The fraction of sp³-hybridized carbons (Fsp3) is 0.267. The number of hydrogen-bond acceptors (Lipinski definition) is 4. The molecule has 0 atom stereocenters. The Balaban J connectivity index is 1.95. The number of primary amides is 1. The largest absolute Gasteiger partial charge is 0.451 e. The summed E-state index contributed by atoms with van der Waals surface area (Å²) < 4.78 is 42.6. The van der Waals surface area contributed by atoms with Crippen molar-refractivity contribution in [2.75, 3.05) is 5.32 Å². The van der Waals surface area contributed by atoms with Crippen LogP contribution in [-0.4, -0.2) is 11.8 Å². The minimum Gasteiger partial charge on any atom is -0.451 e. The van der Waals surface area contributed by atoms with Gasteiger partial charge in [0.25, 0.3) is 0 Å². The van der Waals surface area contributed by atoms with Gasteiger partial charge in [0.1, 0.15) is 11.0 Å². The molecule has 1 aromatic heterocycles. The zero-order valence-electron chi connectivity index (χ0n) is 12.1. The molecular formula is C15H11F3N2O4. The molecule has 1 aliphatic carbocycles. The van der Waals surface area contributed by atoms with E-state index >= 15 is 0 Å².